The Balaban J connectivity index is 1.51. The minimum absolute atomic E-state index is 0.0836. The molecule has 2 aromatic heterocycles. The van der Waals surface area contributed by atoms with Crippen molar-refractivity contribution in [3.8, 4) is 0 Å². The molecule has 2 atom stereocenters. The van der Waals surface area contributed by atoms with E-state index in [-0.39, 0.29) is 17.9 Å². The highest BCUT2D eigenvalue weighted by atomic mass is 32.1. The molecule has 3 fully saturated rings. The molecular formula is C17H21N5OS. The molecule has 5 heterocycles. The summed E-state index contributed by atoms with van der Waals surface area (Å²) >= 11 is 1.58. The normalized spacial score (nSPS) is 24.3. The number of pyridine rings is 1. The van der Waals surface area contributed by atoms with Gasteiger partial charge in [0.2, 0.25) is 5.91 Å². The number of anilines is 1. The highest BCUT2D eigenvalue weighted by molar-refractivity contribution is 7.07. The van der Waals surface area contributed by atoms with Crippen molar-refractivity contribution >= 4 is 23.1 Å². The molecule has 24 heavy (non-hydrogen) atoms. The lowest BCUT2D eigenvalue weighted by Gasteiger charge is -2.35. The number of carbonyl (C=O) groups is 1. The maximum atomic E-state index is 12.8. The molecule has 3 aliphatic rings. The highest BCUT2D eigenvalue weighted by Crippen LogP contribution is 2.31. The number of piperidine rings is 1. The zero-order valence-electron chi connectivity index (χ0n) is 13.5. The van der Waals surface area contributed by atoms with Crippen molar-refractivity contribution in [2.24, 2.45) is 5.92 Å². The first kappa shape index (κ1) is 15.5. The molecule has 126 valence electrons. The average Bonchev–Trinajstić information content (AvgIpc) is 2.96. The molecule has 3 saturated heterocycles. The number of carbonyl (C=O) groups excluding carboxylic acids is 1. The molecule has 3 aliphatic heterocycles. The van der Waals surface area contributed by atoms with Crippen LogP contribution in [0.3, 0.4) is 0 Å². The summed E-state index contributed by atoms with van der Waals surface area (Å²) in [5, 5.41) is 2.03. The number of fused-ring (bicyclic) bond motifs is 4. The van der Waals surface area contributed by atoms with Gasteiger partial charge in [-0.2, -0.15) is 0 Å². The van der Waals surface area contributed by atoms with Crippen LogP contribution >= 0.6 is 11.3 Å². The predicted octanol–water partition coefficient (Wildman–Crippen LogP) is 1.74. The SMILES string of the molecule is Nc1ncccc1CN1C[C@H]2CC[C@@H](C1)N(Cc1cscn1)C2=O. The molecule has 0 aromatic carbocycles. The number of nitrogens with zero attached hydrogens (tertiary/aromatic N) is 4. The zero-order valence-corrected chi connectivity index (χ0v) is 14.3. The third-order valence-electron chi connectivity index (χ3n) is 5.00. The van der Waals surface area contributed by atoms with E-state index in [0.717, 1.165) is 43.7 Å². The Bertz CT molecular complexity index is 720. The minimum atomic E-state index is 0.0836. The monoisotopic (exact) mass is 343 g/mol. The molecule has 5 rings (SSSR count). The molecule has 0 saturated carbocycles. The van der Waals surface area contributed by atoms with Gasteiger partial charge in [-0.25, -0.2) is 9.97 Å². The second kappa shape index (κ2) is 6.49. The number of hydrogen-bond acceptors (Lipinski definition) is 6. The van der Waals surface area contributed by atoms with E-state index in [1.54, 1.807) is 17.5 Å². The quantitative estimate of drug-likeness (QED) is 0.915. The van der Waals surface area contributed by atoms with E-state index in [2.05, 4.69) is 14.9 Å². The van der Waals surface area contributed by atoms with E-state index < -0.39 is 0 Å². The topological polar surface area (TPSA) is 75.3 Å². The Morgan fingerprint density at radius 2 is 2.17 bits per heavy atom. The van der Waals surface area contributed by atoms with Gasteiger partial charge in [0.25, 0.3) is 0 Å². The number of nitrogen functional groups attached to an aromatic ring is 1. The fraction of sp³-hybridized carbons (Fsp3) is 0.471. The zero-order chi connectivity index (χ0) is 16.5. The maximum Gasteiger partial charge on any atom is 0.227 e. The third-order valence-corrected chi connectivity index (χ3v) is 5.64. The molecule has 0 radical (unpaired) electrons. The summed E-state index contributed by atoms with van der Waals surface area (Å²) in [6.07, 6.45) is 3.76. The van der Waals surface area contributed by atoms with E-state index in [1.165, 1.54) is 0 Å². The molecule has 0 aliphatic carbocycles. The van der Waals surface area contributed by atoms with Crippen LogP contribution in [-0.2, 0) is 17.9 Å². The van der Waals surface area contributed by atoms with Crippen molar-refractivity contribution in [1.29, 1.82) is 0 Å². The Morgan fingerprint density at radius 3 is 2.96 bits per heavy atom. The summed E-state index contributed by atoms with van der Waals surface area (Å²) in [5.41, 5.74) is 9.84. The van der Waals surface area contributed by atoms with Gasteiger partial charge in [0.15, 0.2) is 0 Å². The number of amides is 1. The van der Waals surface area contributed by atoms with Crippen LogP contribution in [0.25, 0.3) is 0 Å². The van der Waals surface area contributed by atoms with Crippen LogP contribution in [0.15, 0.2) is 29.2 Å². The van der Waals surface area contributed by atoms with Crippen molar-refractivity contribution < 1.29 is 4.79 Å². The van der Waals surface area contributed by atoms with Gasteiger partial charge >= 0.3 is 0 Å². The van der Waals surface area contributed by atoms with E-state index >= 15 is 0 Å². The number of hydrogen-bond donors (Lipinski definition) is 1. The van der Waals surface area contributed by atoms with Crippen molar-refractivity contribution in [2.75, 3.05) is 18.8 Å². The minimum Gasteiger partial charge on any atom is -0.383 e. The number of thiazole rings is 1. The van der Waals surface area contributed by atoms with Crippen LogP contribution in [0, 0.1) is 5.92 Å². The van der Waals surface area contributed by atoms with Gasteiger partial charge in [-0.15, -0.1) is 11.3 Å². The maximum absolute atomic E-state index is 12.8. The van der Waals surface area contributed by atoms with Gasteiger partial charge in [0.05, 0.1) is 23.7 Å². The van der Waals surface area contributed by atoms with Crippen LogP contribution in [0.5, 0.6) is 0 Å². The van der Waals surface area contributed by atoms with Gasteiger partial charge in [0, 0.05) is 42.8 Å². The summed E-state index contributed by atoms with van der Waals surface area (Å²) in [6, 6.07) is 4.19. The van der Waals surface area contributed by atoms with E-state index in [1.807, 2.05) is 27.9 Å². The van der Waals surface area contributed by atoms with Crippen molar-refractivity contribution in [1.82, 2.24) is 19.8 Å². The Hall–Kier alpha value is -1.99. The molecule has 0 spiro atoms. The molecule has 0 unspecified atom stereocenters. The van der Waals surface area contributed by atoms with E-state index in [9.17, 15) is 4.79 Å². The summed E-state index contributed by atoms with van der Waals surface area (Å²) < 4.78 is 0. The molecule has 7 heteroatoms. The smallest absolute Gasteiger partial charge is 0.227 e. The first-order chi connectivity index (χ1) is 11.7. The predicted molar refractivity (Wildman–Crippen MR) is 93.1 cm³/mol. The number of rotatable bonds is 4. The first-order valence-corrected chi connectivity index (χ1v) is 9.24. The van der Waals surface area contributed by atoms with Crippen molar-refractivity contribution in [3.63, 3.8) is 0 Å². The van der Waals surface area contributed by atoms with Crippen LogP contribution in [-0.4, -0.2) is 44.8 Å². The lowest BCUT2D eigenvalue weighted by molar-refractivity contribution is -0.140. The summed E-state index contributed by atoms with van der Waals surface area (Å²) in [7, 11) is 0. The fourth-order valence-corrected chi connectivity index (χ4v) is 4.33. The summed E-state index contributed by atoms with van der Waals surface area (Å²) in [6.45, 7) is 3.08. The molecule has 2 aromatic rings. The second-order valence-corrected chi connectivity index (χ2v) is 7.33. The average molecular weight is 343 g/mol. The van der Waals surface area contributed by atoms with Crippen LogP contribution in [0.2, 0.25) is 0 Å². The lowest BCUT2D eigenvalue weighted by atomic mass is 9.94. The van der Waals surface area contributed by atoms with Crippen molar-refractivity contribution in [3.05, 3.63) is 40.5 Å². The number of nitrogens with two attached hydrogens (primary N) is 1. The van der Waals surface area contributed by atoms with Gasteiger partial charge in [-0.05, 0) is 18.9 Å². The Morgan fingerprint density at radius 1 is 1.25 bits per heavy atom. The van der Waals surface area contributed by atoms with Gasteiger partial charge in [0.1, 0.15) is 5.82 Å². The third kappa shape index (κ3) is 3.01. The van der Waals surface area contributed by atoms with Gasteiger partial charge in [-0.3, -0.25) is 9.69 Å². The Labute approximate surface area is 145 Å². The Kier molecular flexibility index (Phi) is 4.20. The highest BCUT2D eigenvalue weighted by Gasteiger charge is 2.40. The van der Waals surface area contributed by atoms with Crippen LogP contribution < -0.4 is 5.73 Å². The first-order valence-electron chi connectivity index (χ1n) is 8.30. The van der Waals surface area contributed by atoms with Gasteiger partial charge < -0.3 is 10.6 Å². The number of aromatic nitrogens is 2. The van der Waals surface area contributed by atoms with Crippen LogP contribution in [0.1, 0.15) is 24.1 Å². The molecule has 2 bridgehead atoms. The van der Waals surface area contributed by atoms with E-state index in [4.69, 9.17) is 5.73 Å². The van der Waals surface area contributed by atoms with Crippen molar-refractivity contribution in [2.45, 2.75) is 32.0 Å². The lowest BCUT2D eigenvalue weighted by Crippen LogP contribution is -2.47. The summed E-state index contributed by atoms with van der Waals surface area (Å²) in [4.78, 5) is 25.7. The largest absolute Gasteiger partial charge is 0.383 e. The summed E-state index contributed by atoms with van der Waals surface area (Å²) in [5.74, 6) is 0.945. The van der Waals surface area contributed by atoms with E-state index in [0.29, 0.717) is 12.4 Å². The van der Waals surface area contributed by atoms with Crippen LogP contribution in [0.4, 0.5) is 5.82 Å². The molecule has 1 amide bonds. The molecule has 2 N–H and O–H groups in total. The standard InChI is InChI=1S/C17H21N5OS/c18-16-12(2-1-5-19-16)6-21-7-13-3-4-15(9-21)22(17(13)23)8-14-10-24-11-20-14/h1-2,5,10-11,13,15H,3-4,6-9H2,(H2,18,19)/t13-,15+/m1/s1. The fourth-order valence-electron chi connectivity index (χ4n) is 3.78. The second-order valence-electron chi connectivity index (χ2n) is 6.62. The molecular weight excluding hydrogens is 322 g/mol. The van der Waals surface area contributed by atoms with Gasteiger partial charge in [-0.1, -0.05) is 6.07 Å². The molecule has 6 nitrogen and oxygen atoms in total.